The van der Waals surface area contributed by atoms with Gasteiger partial charge in [0.05, 0.1) is 0 Å². The standard InChI is InChI=1S/C9H15ClO2/c1-6-3-7(2)5-8(4-6)12-9(10)11/h6-8H,3-5H2,1-2H3. The molecule has 70 valence electrons. The fourth-order valence-corrected chi connectivity index (χ4v) is 2.23. The molecule has 1 saturated carbocycles. The Morgan fingerprint density at radius 1 is 1.25 bits per heavy atom. The maximum absolute atomic E-state index is 10.5. The van der Waals surface area contributed by atoms with Gasteiger partial charge in [0.2, 0.25) is 0 Å². The van der Waals surface area contributed by atoms with Crippen LogP contribution < -0.4 is 0 Å². The maximum atomic E-state index is 10.5. The zero-order valence-electron chi connectivity index (χ0n) is 7.55. The van der Waals surface area contributed by atoms with Crippen molar-refractivity contribution in [3.05, 3.63) is 0 Å². The van der Waals surface area contributed by atoms with Crippen LogP contribution in [0.5, 0.6) is 0 Å². The first-order chi connectivity index (χ1) is 5.58. The lowest BCUT2D eigenvalue weighted by atomic mass is 9.82. The third kappa shape index (κ3) is 3.02. The van der Waals surface area contributed by atoms with Crippen molar-refractivity contribution in [3.8, 4) is 0 Å². The van der Waals surface area contributed by atoms with Gasteiger partial charge >= 0.3 is 5.43 Å². The highest BCUT2D eigenvalue weighted by molar-refractivity contribution is 6.61. The molecule has 0 aromatic carbocycles. The first-order valence-corrected chi connectivity index (χ1v) is 4.82. The Hall–Kier alpha value is -0.240. The summed E-state index contributed by atoms with van der Waals surface area (Å²) in [4.78, 5) is 10.5. The summed E-state index contributed by atoms with van der Waals surface area (Å²) in [6.45, 7) is 4.37. The molecular formula is C9H15ClO2. The second-order valence-electron chi connectivity index (χ2n) is 3.89. The van der Waals surface area contributed by atoms with Crippen LogP contribution in [0.1, 0.15) is 33.1 Å². The molecule has 0 aliphatic heterocycles. The predicted octanol–water partition coefficient (Wildman–Crippen LogP) is 3.19. The molecule has 0 N–H and O–H groups in total. The smallest absolute Gasteiger partial charge is 0.404 e. The molecule has 0 heterocycles. The Morgan fingerprint density at radius 2 is 1.75 bits per heavy atom. The van der Waals surface area contributed by atoms with Gasteiger partial charge < -0.3 is 4.74 Å². The molecule has 12 heavy (non-hydrogen) atoms. The molecular weight excluding hydrogens is 176 g/mol. The summed E-state index contributed by atoms with van der Waals surface area (Å²) in [7, 11) is 0. The minimum Gasteiger partial charge on any atom is -0.450 e. The Bertz CT molecular complexity index is 160. The number of carbonyl (C=O) groups excluding carboxylic acids is 1. The van der Waals surface area contributed by atoms with E-state index in [0.717, 1.165) is 12.8 Å². The second-order valence-corrected chi connectivity index (χ2v) is 4.20. The van der Waals surface area contributed by atoms with E-state index < -0.39 is 5.43 Å². The van der Waals surface area contributed by atoms with Crippen molar-refractivity contribution >= 4 is 17.0 Å². The summed E-state index contributed by atoms with van der Waals surface area (Å²) in [6, 6.07) is 0. The summed E-state index contributed by atoms with van der Waals surface area (Å²) in [5.41, 5.74) is -0.665. The Morgan fingerprint density at radius 3 is 2.17 bits per heavy atom. The number of rotatable bonds is 1. The SMILES string of the molecule is CC1CC(C)CC(OC(=O)Cl)C1. The van der Waals surface area contributed by atoms with E-state index in [4.69, 9.17) is 16.3 Å². The van der Waals surface area contributed by atoms with Crippen molar-refractivity contribution in [1.82, 2.24) is 0 Å². The van der Waals surface area contributed by atoms with Crippen LogP contribution in [0.4, 0.5) is 4.79 Å². The van der Waals surface area contributed by atoms with Crippen molar-refractivity contribution in [2.75, 3.05) is 0 Å². The molecule has 1 fully saturated rings. The van der Waals surface area contributed by atoms with E-state index in [2.05, 4.69) is 13.8 Å². The fraction of sp³-hybridized carbons (Fsp3) is 0.889. The number of hydrogen-bond acceptors (Lipinski definition) is 2. The zero-order valence-corrected chi connectivity index (χ0v) is 8.30. The van der Waals surface area contributed by atoms with Crippen molar-refractivity contribution in [1.29, 1.82) is 0 Å². The van der Waals surface area contributed by atoms with Crippen LogP contribution in [0, 0.1) is 11.8 Å². The van der Waals surface area contributed by atoms with E-state index in [1.54, 1.807) is 0 Å². The molecule has 1 rings (SSSR count). The molecule has 2 atom stereocenters. The van der Waals surface area contributed by atoms with Crippen LogP contribution in [0.15, 0.2) is 0 Å². The van der Waals surface area contributed by atoms with E-state index in [9.17, 15) is 4.79 Å². The fourth-order valence-electron chi connectivity index (χ4n) is 2.10. The summed E-state index contributed by atoms with van der Waals surface area (Å²) in [5, 5.41) is 0. The Balaban J connectivity index is 2.38. The molecule has 1 aliphatic carbocycles. The molecule has 0 saturated heterocycles. The van der Waals surface area contributed by atoms with Crippen LogP contribution in [0.2, 0.25) is 0 Å². The van der Waals surface area contributed by atoms with Crippen molar-refractivity contribution in [2.45, 2.75) is 39.2 Å². The van der Waals surface area contributed by atoms with Gasteiger partial charge in [-0.2, -0.15) is 0 Å². The highest BCUT2D eigenvalue weighted by Gasteiger charge is 2.25. The average Bonchev–Trinajstić information content (AvgIpc) is 1.81. The Kier molecular flexibility index (Phi) is 3.39. The van der Waals surface area contributed by atoms with Crippen LogP contribution in [0.3, 0.4) is 0 Å². The predicted molar refractivity (Wildman–Crippen MR) is 48.3 cm³/mol. The molecule has 1 aliphatic rings. The lowest BCUT2D eigenvalue weighted by Crippen LogP contribution is -2.26. The van der Waals surface area contributed by atoms with Crippen LogP contribution in [-0.2, 0) is 4.74 Å². The van der Waals surface area contributed by atoms with Gasteiger partial charge in [-0.3, -0.25) is 0 Å². The third-order valence-corrected chi connectivity index (χ3v) is 2.48. The van der Waals surface area contributed by atoms with Gasteiger partial charge in [0.25, 0.3) is 0 Å². The zero-order chi connectivity index (χ0) is 9.14. The van der Waals surface area contributed by atoms with Gasteiger partial charge in [0, 0.05) is 11.6 Å². The number of hydrogen-bond donors (Lipinski definition) is 0. The van der Waals surface area contributed by atoms with E-state index in [-0.39, 0.29) is 6.10 Å². The average molecular weight is 191 g/mol. The minimum atomic E-state index is -0.665. The summed E-state index contributed by atoms with van der Waals surface area (Å²) in [6.07, 6.45) is 3.20. The number of ether oxygens (including phenoxy) is 1. The molecule has 2 unspecified atom stereocenters. The summed E-state index contributed by atoms with van der Waals surface area (Å²) >= 11 is 5.15. The van der Waals surface area contributed by atoms with E-state index in [1.807, 2.05) is 0 Å². The number of halogens is 1. The molecule has 0 aromatic heterocycles. The van der Waals surface area contributed by atoms with Crippen molar-refractivity contribution in [2.24, 2.45) is 11.8 Å². The highest BCUT2D eigenvalue weighted by Crippen LogP contribution is 2.30. The largest absolute Gasteiger partial charge is 0.450 e. The van der Waals surface area contributed by atoms with E-state index >= 15 is 0 Å². The molecule has 0 bridgehead atoms. The quantitative estimate of drug-likeness (QED) is 0.594. The third-order valence-electron chi connectivity index (χ3n) is 2.39. The molecule has 0 spiro atoms. The van der Waals surface area contributed by atoms with Gasteiger partial charge in [0.1, 0.15) is 6.10 Å². The second kappa shape index (κ2) is 4.13. The normalized spacial score (nSPS) is 36.1. The lowest BCUT2D eigenvalue weighted by molar-refractivity contribution is 0.0621. The lowest BCUT2D eigenvalue weighted by Gasteiger charge is -2.30. The van der Waals surface area contributed by atoms with E-state index in [1.165, 1.54) is 6.42 Å². The first kappa shape index (κ1) is 9.85. The van der Waals surface area contributed by atoms with Crippen molar-refractivity contribution in [3.63, 3.8) is 0 Å². The molecule has 0 amide bonds. The number of carbonyl (C=O) groups is 1. The van der Waals surface area contributed by atoms with Gasteiger partial charge in [-0.25, -0.2) is 4.79 Å². The van der Waals surface area contributed by atoms with Gasteiger partial charge in [-0.15, -0.1) is 0 Å². The topological polar surface area (TPSA) is 26.3 Å². The molecule has 0 radical (unpaired) electrons. The molecule has 2 nitrogen and oxygen atoms in total. The molecule has 0 aromatic rings. The highest BCUT2D eigenvalue weighted by atomic mass is 35.5. The molecule has 3 heteroatoms. The monoisotopic (exact) mass is 190 g/mol. The maximum Gasteiger partial charge on any atom is 0.404 e. The van der Waals surface area contributed by atoms with Crippen LogP contribution in [0.25, 0.3) is 0 Å². The Labute approximate surface area is 78.2 Å². The minimum absolute atomic E-state index is 0.0498. The summed E-state index contributed by atoms with van der Waals surface area (Å²) < 4.78 is 4.96. The first-order valence-electron chi connectivity index (χ1n) is 4.44. The van der Waals surface area contributed by atoms with E-state index in [0.29, 0.717) is 11.8 Å². The van der Waals surface area contributed by atoms with Crippen LogP contribution >= 0.6 is 11.6 Å². The van der Waals surface area contributed by atoms with Gasteiger partial charge in [-0.1, -0.05) is 13.8 Å². The van der Waals surface area contributed by atoms with Gasteiger partial charge in [0.15, 0.2) is 0 Å². The van der Waals surface area contributed by atoms with Gasteiger partial charge in [-0.05, 0) is 31.1 Å². The van der Waals surface area contributed by atoms with Crippen LogP contribution in [-0.4, -0.2) is 11.5 Å². The summed E-state index contributed by atoms with van der Waals surface area (Å²) in [5.74, 6) is 1.30. The van der Waals surface area contributed by atoms with Crippen molar-refractivity contribution < 1.29 is 9.53 Å².